The summed E-state index contributed by atoms with van der Waals surface area (Å²) in [5.74, 6) is 0.222. The van der Waals surface area contributed by atoms with Crippen molar-refractivity contribution in [3.8, 4) is 11.5 Å². The smallest absolute Gasteiger partial charge is 0.293 e. The summed E-state index contributed by atoms with van der Waals surface area (Å²) in [5.41, 5.74) is 3.90. The number of carbonyl (C=O) groups is 2. The van der Waals surface area contributed by atoms with E-state index in [4.69, 9.17) is 4.74 Å². The molecule has 0 unspecified atom stereocenters. The maximum absolute atomic E-state index is 12.8. The zero-order valence-corrected chi connectivity index (χ0v) is 19.6. The van der Waals surface area contributed by atoms with Crippen molar-refractivity contribution in [2.45, 2.75) is 13.8 Å². The van der Waals surface area contributed by atoms with Gasteiger partial charge in [-0.1, -0.05) is 24.3 Å². The highest BCUT2D eigenvalue weighted by molar-refractivity contribution is 8.18. The molecule has 0 bridgehead atoms. The highest BCUT2D eigenvalue weighted by Crippen LogP contribution is 2.35. The number of carbonyl (C=O) groups excluding carboxylic acids is 2. The fourth-order valence-corrected chi connectivity index (χ4v) is 4.08. The van der Waals surface area contributed by atoms with Gasteiger partial charge in [0.2, 0.25) is 0 Å². The van der Waals surface area contributed by atoms with E-state index in [0.717, 1.165) is 27.9 Å². The van der Waals surface area contributed by atoms with Gasteiger partial charge in [-0.3, -0.25) is 14.5 Å². The average molecular weight is 474 g/mol. The van der Waals surface area contributed by atoms with Crippen LogP contribution in [0.5, 0.6) is 11.5 Å². The molecule has 0 aliphatic carbocycles. The van der Waals surface area contributed by atoms with Gasteiger partial charge in [0, 0.05) is 5.56 Å². The van der Waals surface area contributed by atoms with Crippen LogP contribution in [-0.2, 0) is 4.79 Å². The number of imide groups is 1. The molecule has 3 aromatic carbocycles. The molecule has 0 aromatic heterocycles. The number of thioether (sulfide) groups is 1. The van der Waals surface area contributed by atoms with E-state index in [1.165, 1.54) is 17.7 Å². The molecule has 34 heavy (non-hydrogen) atoms. The van der Waals surface area contributed by atoms with Gasteiger partial charge in [0.15, 0.2) is 0 Å². The summed E-state index contributed by atoms with van der Waals surface area (Å²) in [5, 5.41) is 18.4. The minimum Gasteiger partial charge on any atom is -0.507 e. The van der Waals surface area contributed by atoms with Gasteiger partial charge in [-0.25, -0.2) is 0 Å². The van der Waals surface area contributed by atoms with Crippen molar-refractivity contribution < 1.29 is 19.4 Å². The molecule has 2 amide bonds. The van der Waals surface area contributed by atoms with Crippen LogP contribution in [-0.4, -0.2) is 34.3 Å². The maximum atomic E-state index is 12.8. The molecule has 8 heteroatoms. The summed E-state index contributed by atoms with van der Waals surface area (Å²) in [6, 6.07) is 19.7. The Labute approximate surface area is 201 Å². The number of aryl methyl sites for hydroxylation is 2. The average Bonchev–Trinajstić information content (AvgIpc) is 3.09. The van der Waals surface area contributed by atoms with Crippen LogP contribution in [0.2, 0.25) is 0 Å². The van der Waals surface area contributed by atoms with E-state index in [9.17, 15) is 14.7 Å². The third-order valence-electron chi connectivity index (χ3n) is 5.27. The monoisotopic (exact) mass is 473 g/mol. The predicted molar refractivity (Wildman–Crippen MR) is 133 cm³/mol. The van der Waals surface area contributed by atoms with Crippen molar-refractivity contribution >= 4 is 40.4 Å². The van der Waals surface area contributed by atoms with Gasteiger partial charge in [-0.15, -0.1) is 0 Å². The van der Waals surface area contributed by atoms with Crippen LogP contribution in [0, 0.1) is 13.8 Å². The van der Waals surface area contributed by atoms with Gasteiger partial charge in [0.1, 0.15) is 18.1 Å². The number of benzene rings is 3. The first-order valence-corrected chi connectivity index (χ1v) is 11.5. The van der Waals surface area contributed by atoms with Crippen molar-refractivity contribution in [1.82, 2.24) is 4.90 Å². The molecule has 4 rings (SSSR count). The Morgan fingerprint density at radius 3 is 2.38 bits per heavy atom. The Morgan fingerprint density at radius 1 is 0.941 bits per heavy atom. The second-order valence-corrected chi connectivity index (χ2v) is 8.70. The van der Waals surface area contributed by atoms with Gasteiger partial charge < -0.3 is 9.84 Å². The number of azo groups is 1. The number of hydrogen-bond acceptors (Lipinski definition) is 7. The van der Waals surface area contributed by atoms with Crippen molar-refractivity contribution in [2.75, 3.05) is 13.2 Å². The Bertz CT molecular complexity index is 1290. The number of amides is 2. The molecular formula is C26H23N3O4S. The van der Waals surface area contributed by atoms with E-state index in [0.29, 0.717) is 17.0 Å². The van der Waals surface area contributed by atoms with Crippen LogP contribution < -0.4 is 4.74 Å². The SMILES string of the molecule is Cc1ccc(N=Nc2ccc(O)c(/C=C3\SC(=O)N(CCOc4ccccc4)C3=O)c2)cc1C. The van der Waals surface area contributed by atoms with Gasteiger partial charge in [-0.05, 0) is 85.3 Å². The molecule has 1 heterocycles. The van der Waals surface area contributed by atoms with E-state index in [1.54, 1.807) is 24.3 Å². The minimum atomic E-state index is -0.423. The molecule has 172 valence electrons. The molecule has 1 aliphatic rings. The van der Waals surface area contributed by atoms with E-state index >= 15 is 0 Å². The summed E-state index contributed by atoms with van der Waals surface area (Å²) in [4.78, 5) is 26.5. The second kappa shape index (κ2) is 10.4. The quantitative estimate of drug-likeness (QED) is 0.311. The predicted octanol–water partition coefficient (Wildman–Crippen LogP) is 6.54. The van der Waals surface area contributed by atoms with Crippen LogP contribution in [0.3, 0.4) is 0 Å². The van der Waals surface area contributed by atoms with E-state index in [-0.39, 0.29) is 29.0 Å². The second-order valence-electron chi connectivity index (χ2n) is 7.71. The number of hydrogen-bond donors (Lipinski definition) is 1. The van der Waals surface area contributed by atoms with E-state index < -0.39 is 5.91 Å². The molecule has 0 saturated carbocycles. The molecule has 7 nitrogen and oxygen atoms in total. The minimum absolute atomic E-state index is 0.0238. The van der Waals surface area contributed by atoms with Gasteiger partial charge in [0.25, 0.3) is 11.1 Å². The van der Waals surface area contributed by atoms with Gasteiger partial charge in [-0.2, -0.15) is 10.2 Å². The van der Waals surface area contributed by atoms with Gasteiger partial charge >= 0.3 is 0 Å². The molecule has 1 saturated heterocycles. The Kier molecular flexibility index (Phi) is 7.08. The van der Waals surface area contributed by atoms with Crippen LogP contribution in [0.25, 0.3) is 6.08 Å². The largest absolute Gasteiger partial charge is 0.507 e. The summed E-state index contributed by atoms with van der Waals surface area (Å²) < 4.78 is 5.59. The van der Waals surface area contributed by atoms with Crippen LogP contribution in [0.15, 0.2) is 81.9 Å². The zero-order valence-electron chi connectivity index (χ0n) is 18.8. The molecule has 0 spiro atoms. The molecule has 0 radical (unpaired) electrons. The van der Waals surface area contributed by atoms with Crippen molar-refractivity contribution in [1.29, 1.82) is 0 Å². The lowest BCUT2D eigenvalue weighted by atomic mass is 10.1. The van der Waals surface area contributed by atoms with Crippen molar-refractivity contribution in [3.05, 3.63) is 88.3 Å². The summed E-state index contributed by atoms with van der Waals surface area (Å²) in [6.07, 6.45) is 1.49. The van der Waals surface area contributed by atoms with Crippen LogP contribution >= 0.6 is 11.8 Å². The van der Waals surface area contributed by atoms with Crippen LogP contribution in [0.1, 0.15) is 16.7 Å². The Hall–Kier alpha value is -3.91. The molecule has 0 atom stereocenters. The lowest BCUT2D eigenvalue weighted by molar-refractivity contribution is -0.123. The molecular weight excluding hydrogens is 450 g/mol. The fraction of sp³-hybridized carbons (Fsp3) is 0.154. The zero-order chi connectivity index (χ0) is 24.1. The first kappa shape index (κ1) is 23.3. The lowest BCUT2D eigenvalue weighted by Gasteiger charge is -2.13. The highest BCUT2D eigenvalue weighted by atomic mass is 32.2. The number of para-hydroxylation sites is 1. The third kappa shape index (κ3) is 5.52. The first-order chi connectivity index (χ1) is 16.4. The van der Waals surface area contributed by atoms with Crippen LogP contribution in [0.4, 0.5) is 16.2 Å². The molecule has 1 aliphatic heterocycles. The van der Waals surface area contributed by atoms with Crippen molar-refractivity contribution in [2.24, 2.45) is 10.2 Å². The van der Waals surface area contributed by atoms with Gasteiger partial charge in [0.05, 0.1) is 22.8 Å². The number of rotatable bonds is 7. The number of nitrogens with zero attached hydrogens (tertiary/aromatic N) is 3. The number of aromatic hydroxyl groups is 1. The molecule has 1 fully saturated rings. The lowest BCUT2D eigenvalue weighted by Crippen LogP contribution is -2.32. The van der Waals surface area contributed by atoms with E-state index in [1.807, 2.05) is 50.2 Å². The van der Waals surface area contributed by atoms with E-state index in [2.05, 4.69) is 10.2 Å². The third-order valence-corrected chi connectivity index (χ3v) is 6.18. The molecule has 1 N–H and O–H groups in total. The Balaban J connectivity index is 1.46. The number of ether oxygens (including phenoxy) is 1. The summed E-state index contributed by atoms with van der Waals surface area (Å²) >= 11 is 0.828. The maximum Gasteiger partial charge on any atom is 0.293 e. The summed E-state index contributed by atoms with van der Waals surface area (Å²) in [7, 11) is 0. The number of phenols is 1. The topological polar surface area (TPSA) is 91.6 Å². The Morgan fingerprint density at radius 2 is 1.65 bits per heavy atom. The summed E-state index contributed by atoms with van der Waals surface area (Å²) in [6.45, 7) is 4.36. The standard InChI is InChI=1S/C26H23N3O4S/c1-17-8-9-20(14-18(17)2)27-28-21-10-11-23(30)19(15-21)16-24-25(31)29(26(32)34-24)12-13-33-22-6-4-3-5-7-22/h3-11,14-16,30H,12-13H2,1-2H3/b24-16-,28-27?. The normalized spacial score (nSPS) is 15.0. The first-order valence-electron chi connectivity index (χ1n) is 10.7. The number of phenolic OH excluding ortho intramolecular Hbond substituents is 1. The highest BCUT2D eigenvalue weighted by Gasteiger charge is 2.35. The molecule has 3 aromatic rings. The van der Waals surface area contributed by atoms with Crippen molar-refractivity contribution in [3.63, 3.8) is 0 Å². The fourth-order valence-electron chi connectivity index (χ4n) is 3.23.